The Hall–Kier alpha value is -3.30. The van der Waals surface area contributed by atoms with E-state index in [4.69, 9.17) is 16.3 Å². The fraction of sp³-hybridized carbons (Fsp3) is 0.296. The van der Waals surface area contributed by atoms with Gasteiger partial charge in [0.2, 0.25) is 0 Å². The van der Waals surface area contributed by atoms with Gasteiger partial charge in [0, 0.05) is 16.6 Å². The quantitative estimate of drug-likeness (QED) is 0.279. The van der Waals surface area contributed by atoms with Crippen LogP contribution in [0.15, 0.2) is 60.8 Å². The number of aliphatic hydroxyl groups is 1. The largest absolute Gasteiger partial charge is 0.495 e. The van der Waals surface area contributed by atoms with Crippen molar-refractivity contribution in [1.82, 2.24) is 9.78 Å². The van der Waals surface area contributed by atoms with Gasteiger partial charge in [-0.1, -0.05) is 31.5 Å². The summed E-state index contributed by atoms with van der Waals surface area (Å²) >= 11 is 6.32. The van der Waals surface area contributed by atoms with Gasteiger partial charge < -0.3 is 15.2 Å². The first-order chi connectivity index (χ1) is 17.4. The number of fused-ring (bicyclic) bond motifs is 2. The van der Waals surface area contributed by atoms with E-state index >= 15 is 0 Å². The van der Waals surface area contributed by atoms with Gasteiger partial charge in [0.05, 0.1) is 35.6 Å². The number of hydrogen-bond donors (Lipinski definition) is 2. The van der Waals surface area contributed by atoms with Crippen molar-refractivity contribution in [2.45, 2.75) is 43.5 Å². The van der Waals surface area contributed by atoms with E-state index in [2.05, 4.69) is 10.4 Å². The predicted molar refractivity (Wildman–Crippen MR) is 134 cm³/mol. The molecule has 37 heavy (non-hydrogen) atoms. The third-order valence-electron chi connectivity index (χ3n) is 6.96. The summed E-state index contributed by atoms with van der Waals surface area (Å²) in [6.07, 6.45) is -3.96. The first kappa shape index (κ1) is 25.4. The fourth-order valence-corrected chi connectivity index (χ4v) is 5.61. The molecule has 0 spiro atoms. The van der Waals surface area contributed by atoms with E-state index in [9.17, 15) is 22.7 Å². The molecule has 0 saturated carbocycles. The number of nitrogens with zero attached hydrogens (tertiary/aromatic N) is 2. The topological polar surface area (TPSA) is 59.3 Å². The highest BCUT2D eigenvalue weighted by atomic mass is 35.5. The summed E-state index contributed by atoms with van der Waals surface area (Å²) in [6.45, 7) is 3.26. The molecule has 5 rings (SSSR count). The molecule has 0 radical (unpaired) electrons. The number of alkyl halides is 3. The molecule has 1 heterocycles. The molecule has 2 atom stereocenters. The van der Waals surface area contributed by atoms with E-state index in [1.807, 2.05) is 0 Å². The standard InChI is InChI=1S/C27H24ClF4N3O2/c1-25(2)14-26(36,27(30,31)32)24(19-9-10-20(28)23(37-3)22(19)25)34-17-6-11-21-15(12-17)13-33-35(21)18-7-4-16(29)5-8-18/h4-13,24,34,36H,14H2,1-3H3. The Labute approximate surface area is 215 Å². The maximum Gasteiger partial charge on any atom is 0.419 e. The number of benzene rings is 3. The van der Waals surface area contributed by atoms with Crippen LogP contribution in [0, 0.1) is 5.82 Å². The lowest BCUT2D eigenvalue weighted by atomic mass is 9.63. The number of nitrogens with one attached hydrogen (secondary N) is 1. The lowest BCUT2D eigenvalue weighted by molar-refractivity contribution is -0.275. The van der Waals surface area contributed by atoms with E-state index in [0.717, 1.165) is 0 Å². The number of methoxy groups -OCH3 is 1. The minimum absolute atomic E-state index is 0.249. The number of hydrogen-bond acceptors (Lipinski definition) is 4. The number of aromatic nitrogens is 2. The Morgan fingerprint density at radius 1 is 1.11 bits per heavy atom. The summed E-state index contributed by atoms with van der Waals surface area (Å²) in [4.78, 5) is 0. The molecule has 1 aliphatic rings. The van der Waals surface area contributed by atoms with Gasteiger partial charge in [0.1, 0.15) is 11.6 Å². The summed E-state index contributed by atoms with van der Waals surface area (Å²) in [5.74, 6) is -0.0890. The molecule has 194 valence electrons. The number of halogens is 5. The molecule has 1 aromatic heterocycles. The average molecular weight is 534 g/mol. The van der Waals surface area contributed by atoms with Crippen molar-refractivity contribution in [3.8, 4) is 11.4 Å². The van der Waals surface area contributed by atoms with Crippen molar-refractivity contribution in [3.05, 3.63) is 82.8 Å². The average Bonchev–Trinajstić information content (AvgIpc) is 3.24. The normalized spacial score (nSPS) is 21.1. The molecule has 2 N–H and O–H groups in total. The first-order valence-corrected chi connectivity index (χ1v) is 11.9. The Kier molecular flexibility index (Phi) is 5.91. The summed E-state index contributed by atoms with van der Waals surface area (Å²) in [5.41, 5.74) is -1.72. The first-order valence-electron chi connectivity index (χ1n) is 11.5. The zero-order chi connectivity index (χ0) is 26.8. The van der Waals surface area contributed by atoms with Crippen LogP contribution in [-0.4, -0.2) is 33.8 Å². The second-order valence-electron chi connectivity index (χ2n) is 9.91. The molecule has 2 unspecified atom stereocenters. The highest BCUT2D eigenvalue weighted by Crippen LogP contribution is 2.57. The van der Waals surface area contributed by atoms with Crippen LogP contribution < -0.4 is 10.1 Å². The highest BCUT2D eigenvalue weighted by molar-refractivity contribution is 6.32. The maximum absolute atomic E-state index is 14.5. The molecule has 0 amide bonds. The zero-order valence-corrected chi connectivity index (χ0v) is 21.0. The number of anilines is 1. The smallest absolute Gasteiger partial charge is 0.419 e. The van der Waals surface area contributed by atoms with Crippen LogP contribution in [0.5, 0.6) is 5.75 Å². The lowest BCUT2D eigenvalue weighted by Crippen LogP contribution is -2.58. The van der Waals surface area contributed by atoms with Crippen molar-refractivity contribution in [1.29, 1.82) is 0 Å². The van der Waals surface area contributed by atoms with Crippen molar-refractivity contribution >= 4 is 28.2 Å². The summed E-state index contributed by atoms with van der Waals surface area (Å²) in [5, 5.41) is 19.4. The van der Waals surface area contributed by atoms with Gasteiger partial charge in [-0.2, -0.15) is 18.3 Å². The number of ether oxygens (including phenoxy) is 1. The summed E-state index contributed by atoms with van der Waals surface area (Å²) in [6, 6.07) is 12.2. The van der Waals surface area contributed by atoms with Gasteiger partial charge >= 0.3 is 6.18 Å². The van der Waals surface area contributed by atoms with Crippen LogP contribution in [0.1, 0.15) is 37.4 Å². The highest BCUT2D eigenvalue weighted by Gasteiger charge is 2.64. The minimum atomic E-state index is -4.93. The van der Waals surface area contributed by atoms with Crippen LogP contribution >= 0.6 is 11.6 Å². The van der Waals surface area contributed by atoms with Crippen molar-refractivity contribution < 1.29 is 27.4 Å². The van der Waals surface area contributed by atoms with Crippen LogP contribution in [0.4, 0.5) is 23.2 Å². The Balaban J connectivity index is 1.61. The number of rotatable bonds is 4. The van der Waals surface area contributed by atoms with Crippen molar-refractivity contribution in [3.63, 3.8) is 0 Å². The SMILES string of the molecule is COc1c(Cl)ccc2c1C(C)(C)CC(O)(C(F)(F)F)C2Nc1ccc2c(cnn2-c2ccc(F)cc2)c1. The molecule has 0 fully saturated rings. The molecule has 0 bridgehead atoms. The van der Waals surface area contributed by atoms with Crippen LogP contribution in [0.3, 0.4) is 0 Å². The molecule has 5 nitrogen and oxygen atoms in total. The molecule has 3 aromatic carbocycles. The van der Waals surface area contributed by atoms with Crippen LogP contribution in [-0.2, 0) is 5.41 Å². The van der Waals surface area contributed by atoms with Crippen LogP contribution in [0.2, 0.25) is 5.02 Å². The molecule has 4 aromatic rings. The second-order valence-corrected chi connectivity index (χ2v) is 10.3. The molecule has 1 aliphatic carbocycles. The van der Waals surface area contributed by atoms with Crippen LogP contribution in [0.25, 0.3) is 16.6 Å². The Morgan fingerprint density at radius 2 is 1.81 bits per heavy atom. The zero-order valence-electron chi connectivity index (χ0n) is 20.2. The van der Waals surface area contributed by atoms with E-state index < -0.39 is 29.7 Å². The molecular weight excluding hydrogens is 510 g/mol. The molecule has 0 saturated heterocycles. The molecular formula is C27H24ClF4N3O2. The monoisotopic (exact) mass is 533 g/mol. The van der Waals surface area contributed by atoms with Gasteiger partial charge in [0.15, 0.2) is 5.60 Å². The van der Waals surface area contributed by atoms with E-state index in [0.29, 0.717) is 27.8 Å². The maximum atomic E-state index is 14.5. The van der Waals surface area contributed by atoms with Gasteiger partial charge in [-0.3, -0.25) is 0 Å². The van der Waals surface area contributed by atoms with E-state index in [-0.39, 0.29) is 22.2 Å². The summed E-state index contributed by atoms with van der Waals surface area (Å²) in [7, 11) is 1.41. The third-order valence-corrected chi connectivity index (χ3v) is 7.26. The summed E-state index contributed by atoms with van der Waals surface area (Å²) < 4.78 is 63.8. The second kappa shape index (κ2) is 8.63. The predicted octanol–water partition coefficient (Wildman–Crippen LogP) is 6.95. The Morgan fingerprint density at radius 3 is 2.46 bits per heavy atom. The van der Waals surface area contributed by atoms with Gasteiger partial charge in [-0.15, -0.1) is 0 Å². The van der Waals surface area contributed by atoms with Crippen molar-refractivity contribution in [2.24, 2.45) is 0 Å². The third kappa shape index (κ3) is 4.10. The van der Waals surface area contributed by atoms with Crippen molar-refractivity contribution in [2.75, 3.05) is 12.4 Å². The lowest BCUT2D eigenvalue weighted by Gasteiger charge is -2.49. The Bertz CT molecular complexity index is 1480. The van der Waals surface area contributed by atoms with Gasteiger partial charge in [-0.25, -0.2) is 9.07 Å². The fourth-order valence-electron chi connectivity index (χ4n) is 5.37. The molecule has 10 heteroatoms. The molecule has 0 aliphatic heterocycles. The minimum Gasteiger partial charge on any atom is -0.495 e. The van der Waals surface area contributed by atoms with E-state index in [1.54, 1.807) is 55.1 Å². The van der Waals surface area contributed by atoms with Gasteiger partial charge in [-0.05, 0) is 65.9 Å². The van der Waals surface area contributed by atoms with E-state index in [1.165, 1.54) is 31.4 Å². The van der Waals surface area contributed by atoms with Gasteiger partial charge in [0.25, 0.3) is 0 Å².